The normalized spacial score (nSPS) is 10.7. The van der Waals surface area contributed by atoms with Crippen LogP contribution in [0, 0.1) is 22.7 Å². The van der Waals surface area contributed by atoms with Gasteiger partial charge in [-0.1, -0.05) is 18.2 Å². The highest BCUT2D eigenvalue weighted by Gasteiger charge is 2.11. The van der Waals surface area contributed by atoms with E-state index in [-0.39, 0.29) is 0 Å². The van der Waals surface area contributed by atoms with Crippen LogP contribution in [0.1, 0.15) is 11.1 Å². The van der Waals surface area contributed by atoms with Gasteiger partial charge in [-0.2, -0.15) is 10.5 Å². The summed E-state index contributed by atoms with van der Waals surface area (Å²) in [6, 6.07) is 25.7. The molecule has 0 radical (unpaired) electrons. The van der Waals surface area contributed by atoms with Crippen LogP contribution in [0.4, 0.5) is 0 Å². The Bertz CT molecular complexity index is 1480. The summed E-state index contributed by atoms with van der Waals surface area (Å²) in [4.78, 5) is 9.25. The number of aromatic nitrogens is 2. The van der Waals surface area contributed by atoms with Gasteiger partial charge in [-0.25, -0.2) is 4.98 Å². The number of hydrogen-bond acceptors (Lipinski definition) is 5. The fourth-order valence-electron chi connectivity index (χ4n) is 3.33. The average Bonchev–Trinajstić information content (AvgIpc) is 3.21. The van der Waals surface area contributed by atoms with Crippen molar-refractivity contribution in [1.82, 2.24) is 9.97 Å². The van der Waals surface area contributed by atoms with E-state index in [4.69, 9.17) is 10.2 Å². The molecule has 4 nitrogen and oxygen atoms in total. The maximum atomic E-state index is 9.54. The van der Waals surface area contributed by atoms with Gasteiger partial charge in [0.1, 0.15) is 5.01 Å². The Labute approximate surface area is 171 Å². The van der Waals surface area contributed by atoms with E-state index in [2.05, 4.69) is 23.2 Å². The maximum Gasteiger partial charge on any atom is 0.124 e. The largest absolute Gasteiger partial charge is 0.256 e. The lowest BCUT2D eigenvalue weighted by Crippen LogP contribution is -1.87. The Morgan fingerprint density at radius 3 is 2.41 bits per heavy atom. The third kappa shape index (κ3) is 3.10. The van der Waals surface area contributed by atoms with Crippen LogP contribution in [0.3, 0.4) is 0 Å². The summed E-state index contributed by atoms with van der Waals surface area (Å²) in [6.07, 6.45) is 1.83. The van der Waals surface area contributed by atoms with Crippen LogP contribution in [0.15, 0.2) is 72.9 Å². The van der Waals surface area contributed by atoms with Crippen molar-refractivity contribution in [2.45, 2.75) is 0 Å². The molecule has 29 heavy (non-hydrogen) atoms. The van der Waals surface area contributed by atoms with Gasteiger partial charge in [-0.15, -0.1) is 11.3 Å². The second-order valence-electron chi connectivity index (χ2n) is 6.64. The zero-order valence-electron chi connectivity index (χ0n) is 15.1. The van der Waals surface area contributed by atoms with Crippen molar-refractivity contribution in [3.63, 3.8) is 0 Å². The number of hydrogen-bond donors (Lipinski definition) is 0. The molecule has 0 atom stereocenters. The topological polar surface area (TPSA) is 73.4 Å². The van der Waals surface area contributed by atoms with E-state index in [1.165, 1.54) is 11.3 Å². The van der Waals surface area contributed by atoms with Gasteiger partial charge in [-0.05, 0) is 54.1 Å². The van der Waals surface area contributed by atoms with E-state index in [1.54, 1.807) is 6.07 Å². The van der Waals surface area contributed by atoms with Crippen molar-refractivity contribution in [3.05, 3.63) is 84.1 Å². The molecule has 0 unspecified atom stereocenters. The van der Waals surface area contributed by atoms with Gasteiger partial charge in [0.25, 0.3) is 0 Å². The van der Waals surface area contributed by atoms with Crippen molar-refractivity contribution in [2.24, 2.45) is 0 Å². The maximum absolute atomic E-state index is 9.54. The van der Waals surface area contributed by atoms with Gasteiger partial charge in [0.05, 0.1) is 39.0 Å². The number of nitriles is 2. The van der Waals surface area contributed by atoms with Crippen LogP contribution < -0.4 is 0 Å². The van der Waals surface area contributed by atoms with E-state index in [1.807, 2.05) is 60.8 Å². The highest BCUT2D eigenvalue weighted by molar-refractivity contribution is 7.21. The molecule has 5 aromatic rings. The van der Waals surface area contributed by atoms with Crippen molar-refractivity contribution in [2.75, 3.05) is 0 Å². The van der Waals surface area contributed by atoms with Crippen LogP contribution in [0.25, 0.3) is 42.8 Å². The monoisotopic (exact) mass is 388 g/mol. The molecule has 0 fully saturated rings. The molecule has 5 rings (SSSR count). The zero-order valence-corrected chi connectivity index (χ0v) is 15.9. The predicted octanol–water partition coefficient (Wildman–Crippen LogP) is 5.92. The van der Waals surface area contributed by atoms with Crippen molar-refractivity contribution >= 4 is 32.5 Å². The van der Waals surface area contributed by atoms with Crippen LogP contribution >= 0.6 is 11.3 Å². The number of nitrogens with zero attached hydrogens (tertiary/aromatic N) is 4. The van der Waals surface area contributed by atoms with Gasteiger partial charge in [-0.3, -0.25) is 4.98 Å². The molecule has 5 heteroatoms. The van der Waals surface area contributed by atoms with Crippen molar-refractivity contribution in [1.29, 1.82) is 10.5 Å². The molecule has 2 heterocycles. The third-order valence-corrected chi connectivity index (χ3v) is 5.82. The first kappa shape index (κ1) is 17.1. The first-order valence-electron chi connectivity index (χ1n) is 8.95. The fourth-order valence-corrected chi connectivity index (χ4v) is 4.32. The van der Waals surface area contributed by atoms with Crippen molar-refractivity contribution < 1.29 is 0 Å². The Balaban J connectivity index is 1.66. The highest BCUT2D eigenvalue weighted by Crippen LogP contribution is 2.34. The van der Waals surface area contributed by atoms with Gasteiger partial charge in [0, 0.05) is 22.7 Å². The molecular formula is C24H12N4S. The lowest BCUT2D eigenvalue weighted by Gasteiger charge is -2.06. The van der Waals surface area contributed by atoms with Crippen LogP contribution in [0.5, 0.6) is 0 Å². The van der Waals surface area contributed by atoms with Crippen LogP contribution in [-0.2, 0) is 0 Å². The summed E-state index contributed by atoms with van der Waals surface area (Å²) in [5.74, 6) is 0. The number of benzene rings is 3. The van der Waals surface area contributed by atoms with E-state index in [0.29, 0.717) is 11.1 Å². The number of rotatable bonds is 2. The van der Waals surface area contributed by atoms with E-state index < -0.39 is 0 Å². The Morgan fingerprint density at radius 1 is 0.724 bits per heavy atom. The molecule has 0 saturated carbocycles. The quantitative estimate of drug-likeness (QED) is 0.376. The van der Waals surface area contributed by atoms with Gasteiger partial charge in [0.2, 0.25) is 0 Å². The molecule has 0 saturated heterocycles. The number of fused-ring (bicyclic) bond motifs is 2. The molecule has 2 aromatic heterocycles. The molecule has 0 spiro atoms. The summed E-state index contributed by atoms with van der Waals surface area (Å²) in [5, 5.41) is 20.5. The van der Waals surface area contributed by atoms with Gasteiger partial charge in [0.15, 0.2) is 0 Å². The number of pyridine rings is 1. The molecule has 0 aliphatic rings. The standard InChI is InChI=1S/C24H12N4S/c25-12-15-5-6-22-23(9-15)29-24(28-22)19-8-16(13-26)7-18(11-19)20-10-17-3-1-2-4-21(17)27-14-20/h1-11,14H. The van der Waals surface area contributed by atoms with E-state index in [9.17, 15) is 5.26 Å². The highest BCUT2D eigenvalue weighted by atomic mass is 32.1. The summed E-state index contributed by atoms with van der Waals surface area (Å²) < 4.78 is 0.954. The SMILES string of the molecule is N#Cc1cc(-c2cnc3ccccc3c2)cc(-c2nc3ccc(C#N)cc3s2)c1. The first-order chi connectivity index (χ1) is 14.2. The molecule has 0 bridgehead atoms. The first-order valence-corrected chi connectivity index (χ1v) is 9.76. The fraction of sp³-hybridized carbons (Fsp3) is 0. The molecule has 134 valence electrons. The summed E-state index contributed by atoms with van der Waals surface area (Å²) in [7, 11) is 0. The molecule has 0 aliphatic carbocycles. The van der Waals surface area contributed by atoms with E-state index >= 15 is 0 Å². The second-order valence-corrected chi connectivity index (χ2v) is 7.67. The molecule has 0 N–H and O–H groups in total. The van der Waals surface area contributed by atoms with E-state index in [0.717, 1.165) is 42.8 Å². The van der Waals surface area contributed by atoms with Crippen molar-refractivity contribution in [3.8, 4) is 33.8 Å². The minimum Gasteiger partial charge on any atom is -0.256 e. The molecule has 0 aliphatic heterocycles. The summed E-state index contributed by atoms with van der Waals surface area (Å²) >= 11 is 1.52. The van der Waals surface area contributed by atoms with Crippen LogP contribution in [-0.4, -0.2) is 9.97 Å². The Hall–Kier alpha value is -4.06. The van der Waals surface area contributed by atoms with Gasteiger partial charge >= 0.3 is 0 Å². The lowest BCUT2D eigenvalue weighted by molar-refractivity contribution is 1.40. The lowest BCUT2D eigenvalue weighted by atomic mass is 10.0. The second kappa shape index (κ2) is 6.83. The Kier molecular flexibility index (Phi) is 4.02. The van der Waals surface area contributed by atoms with Crippen LogP contribution in [0.2, 0.25) is 0 Å². The van der Waals surface area contributed by atoms with Gasteiger partial charge < -0.3 is 0 Å². The number of thiazole rings is 1. The smallest absolute Gasteiger partial charge is 0.124 e. The minimum absolute atomic E-state index is 0.572. The zero-order chi connectivity index (χ0) is 19.8. The average molecular weight is 388 g/mol. The number of para-hydroxylation sites is 1. The third-order valence-electron chi connectivity index (χ3n) is 4.75. The summed E-state index contributed by atoms with van der Waals surface area (Å²) in [6.45, 7) is 0. The molecule has 3 aromatic carbocycles. The minimum atomic E-state index is 0.572. The predicted molar refractivity (Wildman–Crippen MR) is 115 cm³/mol. The molecule has 0 amide bonds. The molecular weight excluding hydrogens is 376 g/mol. The Morgan fingerprint density at radius 2 is 1.55 bits per heavy atom. The summed E-state index contributed by atoms with van der Waals surface area (Å²) in [5.41, 5.74) is 5.73.